The summed E-state index contributed by atoms with van der Waals surface area (Å²) in [6.07, 6.45) is -3.77. The van der Waals surface area contributed by atoms with Gasteiger partial charge in [-0.25, -0.2) is 0 Å². The van der Waals surface area contributed by atoms with E-state index in [0.717, 1.165) is 12.1 Å². The van der Waals surface area contributed by atoms with Crippen molar-refractivity contribution in [3.63, 3.8) is 0 Å². The minimum Gasteiger partial charge on any atom is -0.489 e. The van der Waals surface area contributed by atoms with E-state index in [1.54, 1.807) is 18.2 Å². The topological polar surface area (TPSA) is 93.9 Å². The highest BCUT2D eigenvalue weighted by atomic mass is 19.4. The number of hydrogen-bond donors (Lipinski definition) is 1. The van der Waals surface area contributed by atoms with Crippen LogP contribution in [0.3, 0.4) is 0 Å². The molecular formula is C22H24F3N3O5. The van der Waals surface area contributed by atoms with E-state index in [4.69, 9.17) is 9.47 Å². The third-order valence-corrected chi connectivity index (χ3v) is 5.39. The Kier molecular flexibility index (Phi) is 7.75. The van der Waals surface area contributed by atoms with Crippen molar-refractivity contribution in [2.75, 3.05) is 43.6 Å². The zero-order valence-electron chi connectivity index (χ0n) is 17.9. The summed E-state index contributed by atoms with van der Waals surface area (Å²) in [5.41, 5.74) is -0.495. The molecule has 0 bridgehead atoms. The molecule has 1 amide bonds. The van der Waals surface area contributed by atoms with Gasteiger partial charge in [-0.15, -0.1) is 0 Å². The lowest BCUT2D eigenvalue weighted by molar-refractivity contribution is -0.384. The van der Waals surface area contributed by atoms with Gasteiger partial charge in [-0.2, -0.15) is 13.2 Å². The van der Waals surface area contributed by atoms with Gasteiger partial charge in [0.15, 0.2) is 0 Å². The highest BCUT2D eigenvalue weighted by molar-refractivity contribution is 5.94. The molecule has 0 spiro atoms. The Balaban J connectivity index is 1.70. The number of carbonyl (C=O) groups excluding carboxylic acids is 1. The number of amides is 1. The summed E-state index contributed by atoms with van der Waals surface area (Å²) >= 11 is 0. The van der Waals surface area contributed by atoms with Crippen molar-refractivity contribution in [3.8, 4) is 5.75 Å². The quantitative estimate of drug-likeness (QED) is 0.349. The molecule has 0 aliphatic carbocycles. The number of nitrogens with zero attached hydrogens (tertiary/aromatic N) is 2. The predicted octanol–water partition coefficient (Wildman–Crippen LogP) is 4.49. The molecule has 0 aromatic heterocycles. The van der Waals surface area contributed by atoms with Crippen LogP contribution in [0.1, 0.15) is 18.4 Å². The Hall–Kier alpha value is -3.34. The molecule has 1 saturated heterocycles. The molecule has 2 aromatic rings. The van der Waals surface area contributed by atoms with Gasteiger partial charge in [-0.3, -0.25) is 14.9 Å². The number of alkyl halides is 3. The molecule has 1 fully saturated rings. The smallest absolute Gasteiger partial charge is 0.416 e. The minimum absolute atomic E-state index is 0.0118. The van der Waals surface area contributed by atoms with Crippen LogP contribution < -0.4 is 15.0 Å². The number of rotatable bonds is 8. The molecule has 3 rings (SSSR count). The number of halogens is 3. The van der Waals surface area contributed by atoms with Crippen LogP contribution in [0, 0.1) is 16.0 Å². The number of anilines is 2. The SMILES string of the molecule is COCCOc1ccc(C(F)(F)F)cc1NC(=O)C1CCN(c2ccccc2[N+](=O)[O-])CC1. The summed E-state index contributed by atoms with van der Waals surface area (Å²) in [5, 5.41) is 13.9. The highest BCUT2D eigenvalue weighted by Crippen LogP contribution is 2.36. The Bertz CT molecular complexity index is 991. The van der Waals surface area contributed by atoms with E-state index >= 15 is 0 Å². The average Bonchev–Trinajstić information content (AvgIpc) is 2.79. The third kappa shape index (κ3) is 6.13. The zero-order chi connectivity index (χ0) is 24.0. The molecule has 0 radical (unpaired) electrons. The summed E-state index contributed by atoms with van der Waals surface area (Å²) in [7, 11) is 1.47. The monoisotopic (exact) mass is 467 g/mol. The largest absolute Gasteiger partial charge is 0.489 e. The van der Waals surface area contributed by atoms with Crippen LogP contribution >= 0.6 is 0 Å². The van der Waals surface area contributed by atoms with Crippen LogP contribution in [-0.4, -0.2) is 44.2 Å². The Morgan fingerprint density at radius 1 is 1.18 bits per heavy atom. The van der Waals surface area contributed by atoms with Crippen molar-refractivity contribution in [3.05, 3.63) is 58.1 Å². The number of benzene rings is 2. The van der Waals surface area contributed by atoms with Crippen molar-refractivity contribution in [1.82, 2.24) is 0 Å². The lowest BCUT2D eigenvalue weighted by Crippen LogP contribution is -2.38. The second kappa shape index (κ2) is 10.5. The van der Waals surface area contributed by atoms with Gasteiger partial charge in [0.2, 0.25) is 5.91 Å². The summed E-state index contributed by atoms with van der Waals surface area (Å²) in [6, 6.07) is 9.29. The van der Waals surface area contributed by atoms with E-state index in [0.29, 0.717) is 31.6 Å². The van der Waals surface area contributed by atoms with Crippen molar-refractivity contribution >= 4 is 23.0 Å². The highest BCUT2D eigenvalue weighted by Gasteiger charge is 2.32. The van der Waals surface area contributed by atoms with E-state index in [1.807, 2.05) is 4.90 Å². The Morgan fingerprint density at radius 3 is 2.52 bits per heavy atom. The molecule has 178 valence electrons. The second-order valence-electron chi connectivity index (χ2n) is 7.55. The first-order valence-corrected chi connectivity index (χ1v) is 10.3. The van der Waals surface area contributed by atoms with Crippen LogP contribution in [0.2, 0.25) is 0 Å². The Morgan fingerprint density at radius 2 is 1.88 bits per heavy atom. The molecule has 1 aliphatic heterocycles. The van der Waals surface area contributed by atoms with Crippen LogP contribution in [-0.2, 0) is 15.7 Å². The van der Waals surface area contributed by atoms with Gasteiger partial charge in [0.25, 0.3) is 5.69 Å². The molecule has 8 nitrogen and oxygen atoms in total. The van der Waals surface area contributed by atoms with Crippen molar-refractivity contribution in [2.45, 2.75) is 19.0 Å². The number of hydrogen-bond acceptors (Lipinski definition) is 6. The van der Waals surface area contributed by atoms with Crippen molar-refractivity contribution in [2.24, 2.45) is 5.92 Å². The molecular weight excluding hydrogens is 443 g/mol. The fraction of sp³-hybridized carbons (Fsp3) is 0.409. The van der Waals surface area contributed by atoms with Crippen LogP contribution in [0.4, 0.5) is 30.2 Å². The number of para-hydroxylation sites is 2. The van der Waals surface area contributed by atoms with E-state index in [9.17, 15) is 28.1 Å². The lowest BCUT2D eigenvalue weighted by atomic mass is 9.95. The summed E-state index contributed by atoms with van der Waals surface area (Å²) in [6.45, 7) is 1.16. The lowest BCUT2D eigenvalue weighted by Gasteiger charge is -2.32. The number of nitro benzene ring substituents is 1. The maximum atomic E-state index is 13.2. The number of carbonyl (C=O) groups is 1. The molecule has 1 N–H and O–H groups in total. The zero-order valence-corrected chi connectivity index (χ0v) is 17.9. The number of nitrogens with one attached hydrogen (secondary N) is 1. The molecule has 1 heterocycles. The first kappa shape index (κ1) is 24.3. The first-order chi connectivity index (χ1) is 15.7. The van der Waals surface area contributed by atoms with E-state index < -0.39 is 28.5 Å². The van der Waals surface area contributed by atoms with Crippen LogP contribution in [0.5, 0.6) is 5.75 Å². The molecule has 0 atom stereocenters. The van der Waals surface area contributed by atoms with Gasteiger partial charge in [-0.05, 0) is 37.1 Å². The minimum atomic E-state index is -4.57. The van der Waals surface area contributed by atoms with Crippen molar-refractivity contribution < 1.29 is 32.4 Å². The van der Waals surface area contributed by atoms with Crippen LogP contribution in [0.15, 0.2) is 42.5 Å². The molecule has 0 unspecified atom stereocenters. The van der Waals surface area contributed by atoms with E-state index in [1.165, 1.54) is 19.2 Å². The summed E-state index contributed by atoms with van der Waals surface area (Å²) in [4.78, 5) is 25.5. The van der Waals surface area contributed by atoms with Crippen LogP contribution in [0.25, 0.3) is 0 Å². The maximum Gasteiger partial charge on any atom is 0.416 e. The van der Waals surface area contributed by atoms with Gasteiger partial charge in [-0.1, -0.05) is 12.1 Å². The van der Waals surface area contributed by atoms with Gasteiger partial charge in [0, 0.05) is 32.2 Å². The fourth-order valence-electron chi connectivity index (χ4n) is 3.67. The van der Waals surface area contributed by atoms with Gasteiger partial charge >= 0.3 is 6.18 Å². The predicted molar refractivity (Wildman–Crippen MR) is 115 cm³/mol. The number of piperidine rings is 1. The first-order valence-electron chi connectivity index (χ1n) is 10.3. The maximum absolute atomic E-state index is 13.2. The molecule has 0 saturated carbocycles. The Labute approximate surface area is 188 Å². The average molecular weight is 467 g/mol. The molecule has 11 heteroatoms. The van der Waals surface area contributed by atoms with Gasteiger partial charge in [0.05, 0.1) is 22.8 Å². The van der Waals surface area contributed by atoms with Gasteiger partial charge in [0.1, 0.15) is 18.0 Å². The molecule has 1 aliphatic rings. The standard InChI is InChI=1S/C22H24F3N3O5/c1-32-12-13-33-20-7-6-16(22(23,24)25)14-17(20)26-21(29)15-8-10-27(11-9-15)18-4-2-3-5-19(18)28(30)31/h2-7,14-15H,8-13H2,1H3,(H,26,29). The van der Waals surface area contributed by atoms with Crippen molar-refractivity contribution in [1.29, 1.82) is 0 Å². The fourth-order valence-corrected chi connectivity index (χ4v) is 3.67. The van der Waals surface area contributed by atoms with E-state index in [2.05, 4.69) is 5.32 Å². The second-order valence-corrected chi connectivity index (χ2v) is 7.55. The van der Waals surface area contributed by atoms with E-state index in [-0.39, 0.29) is 30.3 Å². The third-order valence-electron chi connectivity index (χ3n) is 5.39. The molecule has 33 heavy (non-hydrogen) atoms. The number of methoxy groups -OCH3 is 1. The number of ether oxygens (including phenoxy) is 2. The van der Waals surface area contributed by atoms with Gasteiger partial charge < -0.3 is 19.7 Å². The summed E-state index contributed by atoms with van der Waals surface area (Å²) < 4.78 is 49.8. The summed E-state index contributed by atoms with van der Waals surface area (Å²) in [5.74, 6) is -0.760. The number of nitro groups is 1. The molecule has 2 aromatic carbocycles. The normalized spacial score (nSPS) is 14.7.